The summed E-state index contributed by atoms with van der Waals surface area (Å²) in [4.78, 5) is 9.01. The van der Waals surface area contributed by atoms with E-state index in [-0.39, 0.29) is 10.9 Å². The van der Waals surface area contributed by atoms with Gasteiger partial charge >= 0.3 is 0 Å². The van der Waals surface area contributed by atoms with Crippen LogP contribution in [0.1, 0.15) is 31.5 Å². The summed E-state index contributed by atoms with van der Waals surface area (Å²) in [5, 5.41) is 4.12. The minimum absolute atomic E-state index is 0.0300. The molecule has 28 heavy (non-hydrogen) atoms. The summed E-state index contributed by atoms with van der Waals surface area (Å²) in [6, 6.07) is 3.89. The third-order valence-corrected chi connectivity index (χ3v) is 7.02. The number of hydrogen-bond acceptors (Lipinski definition) is 5. The SMILES string of the molecule is CCn1cc(S(=O)(=O)N2CCCC(n3c(C)cnc3-c3cccnc3)C2)cn1. The highest BCUT2D eigenvalue weighted by atomic mass is 32.2. The molecule has 3 aromatic heterocycles. The zero-order valence-electron chi connectivity index (χ0n) is 16.1. The summed E-state index contributed by atoms with van der Waals surface area (Å²) in [5.41, 5.74) is 1.95. The first-order valence-corrected chi connectivity index (χ1v) is 10.9. The molecular formula is C19H24N6O2S. The van der Waals surface area contributed by atoms with E-state index in [0.717, 1.165) is 29.9 Å². The molecule has 8 nitrogen and oxygen atoms in total. The summed E-state index contributed by atoms with van der Waals surface area (Å²) in [6.07, 6.45) is 10.1. The van der Waals surface area contributed by atoms with Crippen LogP contribution in [0.15, 0.2) is 48.0 Å². The predicted molar refractivity (Wildman–Crippen MR) is 105 cm³/mol. The van der Waals surface area contributed by atoms with E-state index in [1.165, 1.54) is 6.20 Å². The van der Waals surface area contributed by atoms with E-state index in [1.54, 1.807) is 27.6 Å². The van der Waals surface area contributed by atoms with Crippen molar-refractivity contribution in [3.05, 3.63) is 48.8 Å². The number of hydrogen-bond donors (Lipinski definition) is 0. The van der Waals surface area contributed by atoms with Crippen molar-refractivity contribution in [1.82, 2.24) is 28.6 Å². The molecule has 0 spiro atoms. The van der Waals surface area contributed by atoms with Crippen molar-refractivity contribution in [2.75, 3.05) is 13.1 Å². The van der Waals surface area contributed by atoms with E-state index < -0.39 is 10.0 Å². The second-order valence-electron chi connectivity index (χ2n) is 7.03. The molecule has 0 bridgehead atoms. The normalized spacial score (nSPS) is 18.4. The lowest BCUT2D eigenvalue weighted by Crippen LogP contribution is -2.40. The van der Waals surface area contributed by atoms with Crippen molar-refractivity contribution in [3.8, 4) is 11.4 Å². The highest BCUT2D eigenvalue weighted by molar-refractivity contribution is 7.89. The number of aromatic nitrogens is 5. The minimum atomic E-state index is -3.56. The standard InChI is InChI=1S/C19H24N6O2S/c1-3-23-14-18(12-22-23)28(26,27)24-9-5-7-17(13-24)25-15(2)10-21-19(25)16-6-4-8-20-11-16/h4,6,8,10-12,14,17H,3,5,7,9,13H2,1-2H3. The molecule has 1 unspecified atom stereocenters. The molecule has 1 saturated heterocycles. The van der Waals surface area contributed by atoms with Crippen molar-refractivity contribution >= 4 is 10.0 Å². The summed E-state index contributed by atoms with van der Waals surface area (Å²) in [6.45, 7) is 5.52. The molecule has 0 aliphatic carbocycles. The number of piperidine rings is 1. The van der Waals surface area contributed by atoms with Gasteiger partial charge in [-0.1, -0.05) is 0 Å². The van der Waals surface area contributed by atoms with Crippen molar-refractivity contribution in [2.24, 2.45) is 0 Å². The number of aryl methyl sites for hydroxylation is 2. The van der Waals surface area contributed by atoms with Gasteiger partial charge in [-0.25, -0.2) is 13.4 Å². The van der Waals surface area contributed by atoms with E-state index >= 15 is 0 Å². The zero-order valence-corrected chi connectivity index (χ0v) is 16.9. The highest BCUT2D eigenvalue weighted by Crippen LogP contribution is 2.31. The van der Waals surface area contributed by atoms with Gasteiger partial charge in [0.1, 0.15) is 10.7 Å². The van der Waals surface area contributed by atoms with Crippen LogP contribution in [-0.2, 0) is 16.6 Å². The van der Waals surface area contributed by atoms with Crippen LogP contribution in [0.5, 0.6) is 0 Å². The predicted octanol–water partition coefficient (Wildman–Crippen LogP) is 2.50. The first-order chi connectivity index (χ1) is 13.5. The third-order valence-electron chi connectivity index (χ3n) is 5.20. The van der Waals surface area contributed by atoms with Gasteiger partial charge in [0, 0.05) is 61.7 Å². The molecule has 1 fully saturated rings. The van der Waals surface area contributed by atoms with Gasteiger partial charge in [-0.2, -0.15) is 9.40 Å². The summed E-state index contributed by atoms with van der Waals surface area (Å²) in [5.74, 6) is 0.827. The molecule has 0 N–H and O–H groups in total. The maximum atomic E-state index is 13.1. The van der Waals surface area contributed by atoms with Crippen LogP contribution >= 0.6 is 0 Å². The number of rotatable bonds is 5. The molecule has 0 aromatic carbocycles. The molecule has 0 amide bonds. The van der Waals surface area contributed by atoms with Crippen LogP contribution in [0, 0.1) is 6.92 Å². The van der Waals surface area contributed by atoms with Crippen LogP contribution in [0.25, 0.3) is 11.4 Å². The van der Waals surface area contributed by atoms with Gasteiger partial charge in [0.05, 0.1) is 6.20 Å². The first kappa shape index (κ1) is 18.8. The largest absolute Gasteiger partial charge is 0.324 e. The average Bonchev–Trinajstić information content (AvgIpc) is 3.36. The molecule has 148 valence electrons. The molecule has 9 heteroatoms. The summed E-state index contributed by atoms with van der Waals surface area (Å²) >= 11 is 0. The lowest BCUT2D eigenvalue weighted by molar-refractivity contribution is 0.266. The zero-order chi connectivity index (χ0) is 19.7. The van der Waals surface area contributed by atoms with E-state index in [4.69, 9.17) is 0 Å². The monoisotopic (exact) mass is 400 g/mol. The summed E-state index contributed by atoms with van der Waals surface area (Å²) in [7, 11) is -3.56. The molecule has 1 aliphatic rings. The Morgan fingerprint density at radius 1 is 1.25 bits per heavy atom. The van der Waals surface area contributed by atoms with E-state index in [0.29, 0.717) is 19.6 Å². The topological polar surface area (TPSA) is 85.9 Å². The molecule has 4 rings (SSSR count). The van der Waals surface area contributed by atoms with E-state index in [9.17, 15) is 8.42 Å². The fourth-order valence-corrected chi connectivity index (χ4v) is 5.24. The van der Waals surface area contributed by atoms with Crippen LogP contribution in [-0.4, -0.2) is 50.1 Å². The Morgan fingerprint density at radius 2 is 2.11 bits per heavy atom. The van der Waals surface area contributed by atoms with Gasteiger partial charge in [-0.05, 0) is 38.8 Å². The average molecular weight is 401 g/mol. The van der Waals surface area contributed by atoms with E-state index in [1.807, 2.05) is 32.2 Å². The molecule has 1 aliphatic heterocycles. The van der Waals surface area contributed by atoms with Crippen LogP contribution < -0.4 is 0 Å². The molecule has 3 aromatic rings. The van der Waals surface area contributed by atoms with Crippen LogP contribution in [0.2, 0.25) is 0 Å². The van der Waals surface area contributed by atoms with Gasteiger partial charge in [-0.15, -0.1) is 0 Å². The summed E-state index contributed by atoms with van der Waals surface area (Å²) < 4.78 is 31.6. The second-order valence-corrected chi connectivity index (χ2v) is 8.96. The third kappa shape index (κ3) is 3.35. The highest BCUT2D eigenvalue weighted by Gasteiger charge is 2.33. The lowest BCUT2D eigenvalue weighted by Gasteiger charge is -2.33. The van der Waals surface area contributed by atoms with Crippen LogP contribution in [0.4, 0.5) is 0 Å². The van der Waals surface area contributed by atoms with Gasteiger partial charge in [-0.3, -0.25) is 9.67 Å². The fourth-order valence-electron chi connectivity index (χ4n) is 3.77. The Morgan fingerprint density at radius 3 is 2.82 bits per heavy atom. The molecule has 0 saturated carbocycles. The smallest absolute Gasteiger partial charge is 0.246 e. The molecule has 1 atom stereocenters. The van der Waals surface area contributed by atoms with Gasteiger partial charge in [0.15, 0.2) is 0 Å². The van der Waals surface area contributed by atoms with Crippen molar-refractivity contribution < 1.29 is 8.42 Å². The van der Waals surface area contributed by atoms with Gasteiger partial charge in [0.25, 0.3) is 0 Å². The van der Waals surface area contributed by atoms with Crippen molar-refractivity contribution in [3.63, 3.8) is 0 Å². The Balaban J connectivity index is 1.64. The van der Waals surface area contributed by atoms with Gasteiger partial charge < -0.3 is 4.57 Å². The molecule has 4 heterocycles. The Bertz CT molecular complexity index is 1060. The Hall–Kier alpha value is -2.52. The number of sulfonamides is 1. The molecular weight excluding hydrogens is 376 g/mol. The lowest BCUT2D eigenvalue weighted by atomic mass is 10.1. The number of nitrogens with zero attached hydrogens (tertiary/aromatic N) is 6. The maximum Gasteiger partial charge on any atom is 0.246 e. The Labute approximate surface area is 164 Å². The van der Waals surface area contributed by atoms with E-state index in [2.05, 4.69) is 19.6 Å². The second kappa shape index (κ2) is 7.48. The number of pyridine rings is 1. The quantitative estimate of drug-likeness (QED) is 0.657. The molecule has 0 radical (unpaired) electrons. The fraction of sp³-hybridized carbons (Fsp3) is 0.421. The van der Waals surface area contributed by atoms with Crippen molar-refractivity contribution in [1.29, 1.82) is 0 Å². The minimum Gasteiger partial charge on any atom is -0.324 e. The number of imidazole rings is 1. The maximum absolute atomic E-state index is 13.1. The van der Waals surface area contributed by atoms with Crippen molar-refractivity contribution in [2.45, 2.75) is 44.2 Å². The van der Waals surface area contributed by atoms with Gasteiger partial charge in [0.2, 0.25) is 10.0 Å². The van der Waals surface area contributed by atoms with Crippen LogP contribution in [0.3, 0.4) is 0 Å². The first-order valence-electron chi connectivity index (χ1n) is 9.47. The Kier molecular flexibility index (Phi) is 5.03.